The molecule has 0 aromatic heterocycles. The van der Waals surface area contributed by atoms with Crippen molar-refractivity contribution in [1.82, 2.24) is 0 Å². The maximum absolute atomic E-state index is 13.6. The zero-order chi connectivity index (χ0) is 13.8. The molecule has 1 aromatic rings. The van der Waals surface area contributed by atoms with Crippen molar-refractivity contribution in [2.45, 2.75) is 6.10 Å². The summed E-state index contributed by atoms with van der Waals surface area (Å²) in [6, 6.07) is 6.27. The average Bonchev–Trinajstić information content (AvgIpc) is 2.46. The van der Waals surface area contributed by atoms with E-state index >= 15 is 0 Å². The number of benzene rings is 1. The van der Waals surface area contributed by atoms with Crippen molar-refractivity contribution in [3.63, 3.8) is 0 Å². The highest BCUT2D eigenvalue weighted by molar-refractivity contribution is 5.76. The van der Waals surface area contributed by atoms with Gasteiger partial charge in [-0.3, -0.25) is 0 Å². The lowest BCUT2D eigenvalue weighted by atomic mass is 10.1. The first-order valence-corrected chi connectivity index (χ1v) is 5.80. The van der Waals surface area contributed by atoms with Crippen molar-refractivity contribution in [3.8, 4) is 6.07 Å². The molecule has 0 aliphatic carbocycles. The number of ether oxygens (including phenoxy) is 2. The van der Waals surface area contributed by atoms with Crippen molar-refractivity contribution >= 4 is 11.7 Å². The standard InChI is InChI=1S/C13H13FN2O3/c1-18-13(17)12-8-16(5-6-19-12)11-4-2-3-10(14)9(11)7-15/h2-4,12H,5-6,8H2,1H3. The van der Waals surface area contributed by atoms with Gasteiger partial charge in [0.2, 0.25) is 0 Å². The monoisotopic (exact) mass is 264 g/mol. The van der Waals surface area contributed by atoms with Crippen molar-refractivity contribution in [2.24, 2.45) is 0 Å². The Morgan fingerprint density at radius 2 is 2.42 bits per heavy atom. The zero-order valence-electron chi connectivity index (χ0n) is 10.4. The highest BCUT2D eigenvalue weighted by Crippen LogP contribution is 2.24. The predicted octanol–water partition coefficient (Wildman–Crippen LogP) is 1.08. The van der Waals surface area contributed by atoms with E-state index in [-0.39, 0.29) is 12.1 Å². The minimum atomic E-state index is -0.714. The van der Waals surface area contributed by atoms with Crippen LogP contribution in [0.5, 0.6) is 0 Å². The molecule has 1 fully saturated rings. The molecule has 100 valence electrons. The summed E-state index contributed by atoms with van der Waals surface area (Å²) in [4.78, 5) is 13.2. The van der Waals surface area contributed by atoms with E-state index in [1.807, 2.05) is 6.07 Å². The third-order valence-electron chi connectivity index (χ3n) is 2.97. The molecule has 0 amide bonds. The highest BCUT2D eigenvalue weighted by Gasteiger charge is 2.28. The van der Waals surface area contributed by atoms with E-state index < -0.39 is 17.9 Å². The van der Waals surface area contributed by atoms with E-state index in [1.54, 1.807) is 11.0 Å². The molecule has 1 unspecified atom stereocenters. The summed E-state index contributed by atoms with van der Waals surface area (Å²) in [5.41, 5.74) is 0.452. The first-order chi connectivity index (χ1) is 9.17. The highest BCUT2D eigenvalue weighted by atomic mass is 19.1. The summed E-state index contributed by atoms with van der Waals surface area (Å²) in [6.07, 6.45) is -0.714. The molecule has 1 aliphatic heterocycles. The second kappa shape index (κ2) is 5.67. The number of methoxy groups -OCH3 is 1. The number of anilines is 1. The van der Waals surface area contributed by atoms with Crippen LogP contribution < -0.4 is 4.90 Å². The predicted molar refractivity (Wildman–Crippen MR) is 65.1 cm³/mol. The first-order valence-electron chi connectivity index (χ1n) is 5.80. The Balaban J connectivity index is 2.25. The SMILES string of the molecule is COC(=O)C1CN(c2cccc(F)c2C#N)CCO1. The molecule has 1 aromatic carbocycles. The summed E-state index contributed by atoms with van der Waals surface area (Å²) < 4.78 is 23.5. The summed E-state index contributed by atoms with van der Waals surface area (Å²) in [6.45, 7) is 1.05. The number of hydrogen-bond acceptors (Lipinski definition) is 5. The van der Waals surface area contributed by atoms with Crippen LogP contribution in [0.25, 0.3) is 0 Å². The van der Waals surface area contributed by atoms with Gasteiger partial charge in [-0.1, -0.05) is 6.07 Å². The molecule has 1 saturated heterocycles. The number of rotatable bonds is 2. The maximum Gasteiger partial charge on any atom is 0.336 e. The van der Waals surface area contributed by atoms with Crippen LogP contribution in [-0.4, -0.2) is 38.9 Å². The van der Waals surface area contributed by atoms with Crippen LogP contribution in [0.4, 0.5) is 10.1 Å². The molecule has 19 heavy (non-hydrogen) atoms. The lowest BCUT2D eigenvalue weighted by Crippen LogP contribution is -2.46. The normalized spacial score (nSPS) is 18.8. The Morgan fingerprint density at radius 3 is 3.11 bits per heavy atom. The van der Waals surface area contributed by atoms with E-state index in [2.05, 4.69) is 4.74 Å². The first kappa shape index (κ1) is 13.3. The van der Waals surface area contributed by atoms with E-state index in [4.69, 9.17) is 10.00 Å². The fourth-order valence-electron chi connectivity index (χ4n) is 2.03. The third kappa shape index (κ3) is 2.66. The number of esters is 1. The fraction of sp³-hybridized carbons (Fsp3) is 0.385. The topological polar surface area (TPSA) is 62.6 Å². The zero-order valence-corrected chi connectivity index (χ0v) is 10.4. The number of nitriles is 1. The Morgan fingerprint density at radius 1 is 1.63 bits per heavy atom. The van der Waals surface area contributed by atoms with Gasteiger partial charge in [-0.05, 0) is 12.1 Å². The maximum atomic E-state index is 13.6. The third-order valence-corrected chi connectivity index (χ3v) is 2.97. The van der Waals surface area contributed by atoms with Crippen LogP contribution in [0.3, 0.4) is 0 Å². The molecule has 5 nitrogen and oxygen atoms in total. The van der Waals surface area contributed by atoms with Crippen molar-refractivity contribution in [1.29, 1.82) is 5.26 Å². The average molecular weight is 264 g/mol. The Labute approximate surface area is 110 Å². The van der Waals surface area contributed by atoms with E-state index in [0.717, 1.165) is 0 Å². The lowest BCUT2D eigenvalue weighted by Gasteiger charge is -2.33. The number of carbonyl (C=O) groups excluding carboxylic acids is 1. The van der Waals surface area contributed by atoms with Crippen LogP contribution >= 0.6 is 0 Å². The summed E-state index contributed by atoms with van der Waals surface area (Å²) in [7, 11) is 1.29. The van der Waals surface area contributed by atoms with Crippen LogP contribution in [0, 0.1) is 17.1 Å². The fourth-order valence-corrected chi connectivity index (χ4v) is 2.03. The van der Waals surface area contributed by atoms with Gasteiger partial charge in [0.05, 0.1) is 25.9 Å². The Hall–Kier alpha value is -2.13. The second-order valence-electron chi connectivity index (χ2n) is 4.07. The van der Waals surface area contributed by atoms with Gasteiger partial charge in [0.1, 0.15) is 17.4 Å². The number of halogens is 1. The molecule has 2 rings (SSSR count). The molecule has 1 heterocycles. The molecule has 1 atom stereocenters. The summed E-state index contributed by atoms with van der Waals surface area (Å²) >= 11 is 0. The van der Waals surface area contributed by atoms with Crippen molar-refractivity contribution in [3.05, 3.63) is 29.6 Å². The van der Waals surface area contributed by atoms with E-state index in [9.17, 15) is 9.18 Å². The van der Waals surface area contributed by atoms with Crippen LogP contribution in [0.1, 0.15) is 5.56 Å². The smallest absolute Gasteiger partial charge is 0.336 e. The summed E-state index contributed by atoms with van der Waals surface area (Å²) in [5.74, 6) is -1.04. The van der Waals surface area contributed by atoms with Gasteiger partial charge >= 0.3 is 5.97 Å². The Bertz CT molecular complexity index is 527. The van der Waals surface area contributed by atoms with Crippen molar-refractivity contribution in [2.75, 3.05) is 31.7 Å². The van der Waals surface area contributed by atoms with Crippen LogP contribution in [-0.2, 0) is 14.3 Å². The molecule has 0 saturated carbocycles. The quantitative estimate of drug-likeness (QED) is 0.748. The van der Waals surface area contributed by atoms with Gasteiger partial charge in [-0.15, -0.1) is 0 Å². The van der Waals surface area contributed by atoms with Gasteiger partial charge in [-0.2, -0.15) is 5.26 Å². The molecule has 0 spiro atoms. The molecule has 6 heteroatoms. The summed E-state index contributed by atoms with van der Waals surface area (Å²) in [5, 5.41) is 9.01. The van der Waals surface area contributed by atoms with Crippen LogP contribution in [0.2, 0.25) is 0 Å². The minimum Gasteiger partial charge on any atom is -0.467 e. The molecule has 0 N–H and O–H groups in total. The number of hydrogen-bond donors (Lipinski definition) is 0. The van der Waals surface area contributed by atoms with Gasteiger partial charge in [0.25, 0.3) is 0 Å². The number of nitrogens with zero attached hydrogens (tertiary/aromatic N) is 2. The molecular formula is C13H13FN2O3. The van der Waals surface area contributed by atoms with E-state index in [1.165, 1.54) is 19.2 Å². The van der Waals surface area contributed by atoms with Gasteiger partial charge in [-0.25, -0.2) is 9.18 Å². The molecular weight excluding hydrogens is 251 g/mol. The lowest BCUT2D eigenvalue weighted by molar-refractivity contribution is -0.154. The molecule has 1 aliphatic rings. The number of carbonyl (C=O) groups is 1. The van der Waals surface area contributed by atoms with Gasteiger partial charge in [0.15, 0.2) is 6.10 Å². The van der Waals surface area contributed by atoms with Crippen molar-refractivity contribution < 1.29 is 18.7 Å². The molecule has 0 radical (unpaired) electrons. The minimum absolute atomic E-state index is 0.0204. The van der Waals surface area contributed by atoms with E-state index in [0.29, 0.717) is 18.8 Å². The second-order valence-corrected chi connectivity index (χ2v) is 4.07. The van der Waals surface area contributed by atoms with Gasteiger partial charge in [0, 0.05) is 6.54 Å². The van der Waals surface area contributed by atoms with Gasteiger partial charge < -0.3 is 14.4 Å². The number of morpholine rings is 1. The van der Waals surface area contributed by atoms with Crippen LogP contribution in [0.15, 0.2) is 18.2 Å². The molecule has 0 bridgehead atoms. The Kier molecular flexibility index (Phi) is 3.97. The largest absolute Gasteiger partial charge is 0.467 e.